The van der Waals surface area contributed by atoms with Gasteiger partial charge in [0.2, 0.25) is 0 Å². The minimum Gasteiger partial charge on any atom is -0.443 e. The van der Waals surface area contributed by atoms with E-state index in [1.54, 1.807) is 13.8 Å². The molecule has 1 atom stereocenters. The number of halogens is 1. The Bertz CT molecular complexity index is 193. The molecule has 0 heterocycles. The number of esters is 1. The number of carbonyl (C=O) groups excluding carboxylic acids is 1. The van der Waals surface area contributed by atoms with Crippen molar-refractivity contribution in [2.24, 2.45) is 0 Å². The predicted molar refractivity (Wildman–Crippen MR) is 61.9 cm³/mol. The van der Waals surface area contributed by atoms with Crippen LogP contribution < -0.4 is 0 Å². The molecule has 0 bridgehead atoms. The lowest BCUT2D eigenvalue weighted by Gasteiger charge is -2.03. The van der Waals surface area contributed by atoms with Gasteiger partial charge in [0.05, 0.1) is 6.61 Å². The molecule has 15 heavy (non-hydrogen) atoms. The van der Waals surface area contributed by atoms with Crippen LogP contribution in [-0.2, 0) is 9.53 Å². The molecule has 0 aliphatic heterocycles. The summed E-state index contributed by atoms with van der Waals surface area (Å²) in [5.41, 5.74) is -0.211. The number of aliphatic hydroxyl groups is 1. The van der Waals surface area contributed by atoms with Gasteiger partial charge in [-0.05, 0) is 27.9 Å². The van der Waals surface area contributed by atoms with Crippen LogP contribution in [0.3, 0.4) is 0 Å². The summed E-state index contributed by atoms with van der Waals surface area (Å²) in [7, 11) is 3.85. The zero-order valence-electron chi connectivity index (χ0n) is 9.79. The Hall–Kier alpha value is -0.580. The summed E-state index contributed by atoms with van der Waals surface area (Å²) in [6.45, 7) is 7.54. The van der Waals surface area contributed by atoms with E-state index in [0.717, 1.165) is 6.54 Å². The largest absolute Gasteiger partial charge is 0.443 e. The Morgan fingerprint density at radius 1 is 1.60 bits per heavy atom. The van der Waals surface area contributed by atoms with Crippen LogP contribution in [-0.4, -0.2) is 48.8 Å². The molecule has 4 nitrogen and oxygen atoms in total. The highest BCUT2D eigenvalue weighted by molar-refractivity contribution is 6.20. The molecule has 0 aromatic rings. The van der Waals surface area contributed by atoms with Gasteiger partial charge in [-0.2, -0.15) is 0 Å². The van der Waals surface area contributed by atoms with Crippen LogP contribution in [0.1, 0.15) is 13.8 Å². The van der Waals surface area contributed by atoms with Crippen molar-refractivity contribution in [3.05, 3.63) is 12.2 Å². The van der Waals surface area contributed by atoms with E-state index in [0.29, 0.717) is 5.57 Å². The summed E-state index contributed by atoms with van der Waals surface area (Å²) in [4.78, 5) is 12.5. The minimum atomic E-state index is -0.575. The summed E-state index contributed by atoms with van der Waals surface area (Å²) in [6, 6.07) is 0. The van der Waals surface area contributed by atoms with E-state index in [1.165, 1.54) is 0 Å². The molecule has 1 unspecified atom stereocenters. The molecular weight excluding hydrogens is 218 g/mol. The van der Waals surface area contributed by atoms with Crippen molar-refractivity contribution in [3.8, 4) is 0 Å². The van der Waals surface area contributed by atoms with Crippen LogP contribution in [0.15, 0.2) is 12.2 Å². The molecule has 90 valence electrons. The van der Waals surface area contributed by atoms with Crippen LogP contribution in [0.25, 0.3) is 0 Å². The van der Waals surface area contributed by atoms with Crippen molar-refractivity contribution in [2.45, 2.75) is 19.4 Å². The lowest BCUT2D eigenvalue weighted by Crippen LogP contribution is -2.15. The van der Waals surface area contributed by atoms with Gasteiger partial charge in [0.25, 0.3) is 0 Å². The lowest BCUT2D eigenvalue weighted by atomic mass is 10.4. The van der Waals surface area contributed by atoms with Gasteiger partial charge in [0, 0.05) is 12.1 Å². The fourth-order valence-corrected chi connectivity index (χ4v) is 0.529. The molecule has 0 aliphatic rings. The Morgan fingerprint density at radius 3 is 2.13 bits per heavy atom. The summed E-state index contributed by atoms with van der Waals surface area (Å²) in [5, 5.41) is 8.20. The van der Waals surface area contributed by atoms with E-state index in [-0.39, 0.29) is 6.61 Å². The van der Waals surface area contributed by atoms with Crippen LogP contribution in [0, 0.1) is 0 Å². The van der Waals surface area contributed by atoms with Crippen molar-refractivity contribution in [1.29, 1.82) is 0 Å². The van der Waals surface area contributed by atoms with E-state index in [9.17, 15) is 4.79 Å². The van der Waals surface area contributed by atoms with E-state index in [4.69, 9.17) is 16.7 Å². The molecule has 0 rings (SSSR count). The second-order valence-corrected chi connectivity index (χ2v) is 3.87. The standard InChI is InChI=1S/C6H9ClO2.C4H11NO/c1-4(2)6(8)9-5(3)7;1-5(2)3-4-6/h5H,1H2,2-3H3;6H,3-4H2,1-2H3. The maximum atomic E-state index is 10.5. The molecule has 0 aromatic heterocycles. The third kappa shape index (κ3) is 16.1. The first-order chi connectivity index (χ1) is 6.81. The van der Waals surface area contributed by atoms with Gasteiger partial charge < -0.3 is 14.7 Å². The number of likely N-dealkylation sites (N-methyl/N-ethyl adjacent to an activating group) is 1. The number of ether oxygens (including phenoxy) is 1. The number of alkyl halides is 1. The highest BCUT2D eigenvalue weighted by Crippen LogP contribution is 2.00. The van der Waals surface area contributed by atoms with Gasteiger partial charge in [0.1, 0.15) is 0 Å². The first-order valence-corrected chi connectivity index (χ1v) is 5.01. The molecule has 0 aromatic carbocycles. The maximum Gasteiger partial charge on any atom is 0.334 e. The van der Waals surface area contributed by atoms with Gasteiger partial charge in [-0.3, -0.25) is 0 Å². The van der Waals surface area contributed by atoms with Gasteiger partial charge >= 0.3 is 5.97 Å². The molecular formula is C10H20ClNO3. The normalized spacial score (nSPS) is 11.4. The summed E-state index contributed by atoms with van der Waals surface area (Å²) in [5.74, 6) is -0.447. The molecule has 1 N–H and O–H groups in total. The first-order valence-electron chi connectivity index (χ1n) is 4.57. The minimum absolute atomic E-state index is 0.257. The topological polar surface area (TPSA) is 49.8 Å². The van der Waals surface area contributed by atoms with Gasteiger partial charge in [-0.15, -0.1) is 0 Å². The predicted octanol–water partition coefficient (Wildman–Crippen LogP) is 1.23. The molecule has 0 aliphatic carbocycles. The molecule has 0 fully saturated rings. The van der Waals surface area contributed by atoms with Crippen molar-refractivity contribution in [2.75, 3.05) is 27.2 Å². The quantitative estimate of drug-likeness (QED) is 0.454. The highest BCUT2D eigenvalue weighted by Gasteiger charge is 2.05. The van der Waals surface area contributed by atoms with Crippen LogP contribution in [0.4, 0.5) is 0 Å². The number of aliphatic hydroxyl groups excluding tert-OH is 1. The third-order valence-electron chi connectivity index (χ3n) is 1.17. The molecule has 5 heteroatoms. The number of hydrogen-bond acceptors (Lipinski definition) is 4. The van der Waals surface area contributed by atoms with E-state index < -0.39 is 11.5 Å². The molecule has 0 radical (unpaired) electrons. The number of carbonyl (C=O) groups is 1. The Balaban J connectivity index is 0. The third-order valence-corrected chi connectivity index (χ3v) is 1.25. The van der Waals surface area contributed by atoms with Crippen molar-refractivity contribution in [1.82, 2.24) is 4.90 Å². The second kappa shape index (κ2) is 9.96. The smallest absolute Gasteiger partial charge is 0.334 e. The second-order valence-electron chi connectivity index (χ2n) is 3.26. The fraction of sp³-hybridized carbons (Fsp3) is 0.700. The molecule has 0 spiro atoms. The van der Waals surface area contributed by atoms with Crippen LogP contribution in [0.5, 0.6) is 0 Å². The monoisotopic (exact) mass is 237 g/mol. The highest BCUT2D eigenvalue weighted by atomic mass is 35.5. The van der Waals surface area contributed by atoms with Gasteiger partial charge in [-0.25, -0.2) is 4.79 Å². The number of rotatable bonds is 4. The van der Waals surface area contributed by atoms with Gasteiger partial charge in [-0.1, -0.05) is 18.2 Å². The summed E-state index contributed by atoms with van der Waals surface area (Å²) in [6.07, 6.45) is 0. The van der Waals surface area contributed by atoms with E-state index in [1.807, 2.05) is 19.0 Å². The number of hydrogen-bond donors (Lipinski definition) is 1. The zero-order chi connectivity index (χ0) is 12.4. The SMILES string of the molecule is C=C(C)C(=O)OC(C)Cl.CN(C)CCO. The van der Waals surface area contributed by atoms with Gasteiger partial charge in [0.15, 0.2) is 5.56 Å². The first kappa shape index (κ1) is 16.8. The van der Waals surface area contributed by atoms with Crippen molar-refractivity contribution < 1.29 is 14.6 Å². The van der Waals surface area contributed by atoms with Crippen LogP contribution >= 0.6 is 11.6 Å². The summed E-state index contributed by atoms with van der Waals surface area (Å²) >= 11 is 5.33. The number of nitrogens with zero attached hydrogens (tertiary/aromatic N) is 1. The fourth-order valence-electron chi connectivity index (χ4n) is 0.448. The average molecular weight is 238 g/mol. The Labute approximate surface area is 96.5 Å². The van der Waals surface area contributed by atoms with E-state index in [2.05, 4.69) is 11.3 Å². The lowest BCUT2D eigenvalue weighted by molar-refractivity contribution is -0.140. The maximum absolute atomic E-state index is 10.5. The molecule has 0 saturated heterocycles. The molecule has 0 amide bonds. The summed E-state index contributed by atoms with van der Waals surface area (Å²) < 4.78 is 4.54. The van der Waals surface area contributed by atoms with E-state index >= 15 is 0 Å². The molecule has 0 saturated carbocycles. The van der Waals surface area contributed by atoms with Crippen molar-refractivity contribution in [3.63, 3.8) is 0 Å². The van der Waals surface area contributed by atoms with Crippen LogP contribution in [0.2, 0.25) is 0 Å². The van der Waals surface area contributed by atoms with Crippen molar-refractivity contribution >= 4 is 17.6 Å². The average Bonchev–Trinajstić information content (AvgIpc) is 2.03. The Kier molecular flexibility index (Phi) is 11.2. The Morgan fingerprint density at radius 2 is 2.07 bits per heavy atom. The zero-order valence-corrected chi connectivity index (χ0v) is 10.5.